The normalized spacial score (nSPS) is 16.2. The third kappa shape index (κ3) is 4.01. The molecule has 0 bridgehead atoms. The first-order chi connectivity index (χ1) is 5.19. The van der Waals surface area contributed by atoms with Gasteiger partial charge in [0, 0.05) is 0 Å². The van der Waals surface area contributed by atoms with Gasteiger partial charge in [0.25, 0.3) is 0 Å². The Hall–Kier alpha value is -0.160. The monoisotopic (exact) mass is 176 g/mol. The molecule has 0 aromatic carbocycles. The largest absolute Gasteiger partial charge is 0.393 e. The van der Waals surface area contributed by atoms with Crippen LogP contribution >= 0.6 is 0 Å². The van der Waals surface area contributed by atoms with E-state index in [0.717, 1.165) is 0 Å². The van der Waals surface area contributed by atoms with E-state index in [1.54, 1.807) is 0 Å². The molecule has 1 atom stereocenters. The lowest BCUT2D eigenvalue weighted by Gasteiger charge is -2.32. The van der Waals surface area contributed by atoms with Crippen LogP contribution in [0.3, 0.4) is 0 Å². The topological polar surface area (TPSA) is 92.5 Å². The standard InChI is InChI=1S/C8H20N2O2/c1-7(2,3)4-6(12)8(9,10)5-11/h6,11-12H,4-5,9-10H2,1-3H3/t6-/m1/s1. The molecule has 0 aromatic rings. The van der Waals surface area contributed by atoms with Crippen LogP contribution in [0.4, 0.5) is 0 Å². The van der Waals surface area contributed by atoms with Crippen LogP contribution in [0, 0.1) is 5.41 Å². The minimum atomic E-state index is -1.38. The summed E-state index contributed by atoms with van der Waals surface area (Å²) in [6, 6.07) is 0. The maximum absolute atomic E-state index is 9.50. The summed E-state index contributed by atoms with van der Waals surface area (Å²) in [5.74, 6) is 0. The maximum Gasteiger partial charge on any atom is 0.114 e. The van der Waals surface area contributed by atoms with E-state index in [4.69, 9.17) is 16.6 Å². The minimum Gasteiger partial charge on any atom is -0.393 e. The molecule has 0 saturated heterocycles. The van der Waals surface area contributed by atoms with Gasteiger partial charge in [0.2, 0.25) is 0 Å². The summed E-state index contributed by atoms with van der Waals surface area (Å²) in [7, 11) is 0. The molecule has 0 aliphatic rings. The van der Waals surface area contributed by atoms with E-state index in [1.165, 1.54) is 0 Å². The Bertz CT molecular complexity index is 140. The zero-order valence-electron chi connectivity index (χ0n) is 8.04. The van der Waals surface area contributed by atoms with E-state index >= 15 is 0 Å². The molecule has 0 rings (SSSR count). The van der Waals surface area contributed by atoms with Crippen LogP contribution in [0.25, 0.3) is 0 Å². The summed E-state index contributed by atoms with van der Waals surface area (Å²) in [5, 5.41) is 18.3. The number of nitrogens with two attached hydrogens (primary N) is 2. The van der Waals surface area contributed by atoms with Gasteiger partial charge in [0.05, 0.1) is 12.7 Å². The first kappa shape index (κ1) is 11.8. The van der Waals surface area contributed by atoms with Crippen LogP contribution in [0.2, 0.25) is 0 Å². The minimum absolute atomic E-state index is 0.0431. The van der Waals surface area contributed by atoms with Gasteiger partial charge in [-0.05, 0) is 11.8 Å². The highest BCUT2D eigenvalue weighted by atomic mass is 16.3. The zero-order chi connectivity index (χ0) is 9.99. The van der Waals surface area contributed by atoms with E-state index in [9.17, 15) is 5.11 Å². The second kappa shape index (κ2) is 3.70. The SMILES string of the molecule is CC(C)(C)C[C@@H](O)C(N)(N)CO. The van der Waals surface area contributed by atoms with E-state index in [1.807, 2.05) is 20.8 Å². The molecule has 74 valence electrons. The molecule has 0 saturated carbocycles. The fourth-order valence-electron chi connectivity index (χ4n) is 0.875. The van der Waals surface area contributed by atoms with E-state index < -0.39 is 18.4 Å². The fourth-order valence-corrected chi connectivity index (χ4v) is 0.875. The lowest BCUT2D eigenvalue weighted by Crippen LogP contribution is -2.62. The van der Waals surface area contributed by atoms with Crippen LogP contribution in [0.1, 0.15) is 27.2 Å². The van der Waals surface area contributed by atoms with Crippen molar-refractivity contribution < 1.29 is 10.2 Å². The summed E-state index contributed by atoms with van der Waals surface area (Å²) in [5.41, 5.74) is 9.46. The van der Waals surface area contributed by atoms with E-state index in [0.29, 0.717) is 6.42 Å². The van der Waals surface area contributed by atoms with Gasteiger partial charge < -0.3 is 21.7 Å². The predicted octanol–water partition coefficient (Wildman–Crippen LogP) is -0.610. The van der Waals surface area contributed by atoms with Gasteiger partial charge in [-0.3, -0.25) is 0 Å². The molecule has 0 unspecified atom stereocenters. The van der Waals surface area contributed by atoms with Gasteiger partial charge in [-0.25, -0.2) is 0 Å². The molecule has 0 aromatic heterocycles. The molecular weight excluding hydrogens is 156 g/mol. The zero-order valence-corrected chi connectivity index (χ0v) is 8.04. The van der Waals surface area contributed by atoms with Gasteiger partial charge in [-0.2, -0.15) is 0 Å². The smallest absolute Gasteiger partial charge is 0.114 e. The van der Waals surface area contributed by atoms with Gasteiger partial charge in [0.15, 0.2) is 0 Å². The Morgan fingerprint density at radius 3 is 1.92 bits per heavy atom. The highest BCUT2D eigenvalue weighted by Crippen LogP contribution is 2.23. The van der Waals surface area contributed by atoms with Crippen molar-refractivity contribution in [2.24, 2.45) is 16.9 Å². The molecule has 12 heavy (non-hydrogen) atoms. The molecule has 0 spiro atoms. The van der Waals surface area contributed by atoms with Crippen molar-refractivity contribution in [3.63, 3.8) is 0 Å². The van der Waals surface area contributed by atoms with Crippen molar-refractivity contribution in [2.75, 3.05) is 6.61 Å². The van der Waals surface area contributed by atoms with Crippen LogP contribution in [-0.2, 0) is 0 Å². The van der Waals surface area contributed by atoms with Crippen molar-refractivity contribution in [1.82, 2.24) is 0 Å². The third-order valence-electron chi connectivity index (χ3n) is 1.70. The van der Waals surface area contributed by atoms with Gasteiger partial charge in [-0.1, -0.05) is 20.8 Å². The summed E-state index contributed by atoms with van der Waals surface area (Å²) in [6.07, 6.45) is -0.400. The lowest BCUT2D eigenvalue weighted by atomic mass is 9.85. The number of rotatable bonds is 3. The fraction of sp³-hybridized carbons (Fsp3) is 1.00. The van der Waals surface area contributed by atoms with Gasteiger partial charge >= 0.3 is 0 Å². The Balaban J connectivity index is 4.13. The molecule has 6 N–H and O–H groups in total. The summed E-state index contributed by atoms with van der Waals surface area (Å²) in [6.45, 7) is 5.52. The van der Waals surface area contributed by atoms with Gasteiger partial charge in [0.1, 0.15) is 5.66 Å². The number of aliphatic hydroxyl groups excluding tert-OH is 2. The average molecular weight is 176 g/mol. The average Bonchev–Trinajstić information content (AvgIpc) is 1.84. The van der Waals surface area contributed by atoms with Crippen molar-refractivity contribution >= 4 is 0 Å². The molecule has 0 amide bonds. The third-order valence-corrected chi connectivity index (χ3v) is 1.70. The van der Waals surface area contributed by atoms with E-state index in [2.05, 4.69) is 0 Å². The lowest BCUT2D eigenvalue weighted by molar-refractivity contribution is 0.0193. The van der Waals surface area contributed by atoms with Gasteiger partial charge in [-0.15, -0.1) is 0 Å². The molecule has 0 aliphatic heterocycles. The number of hydrogen-bond donors (Lipinski definition) is 4. The Labute approximate surface area is 73.6 Å². The van der Waals surface area contributed by atoms with Crippen molar-refractivity contribution in [2.45, 2.75) is 39.0 Å². The maximum atomic E-state index is 9.50. The number of hydrogen-bond acceptors (Lipinski definition) is 4. The number of aliphatic hydroxyl groups is 2. The highest BCUT2D eigenvalue weighted by Gasteiger charge is 2.31. The van der Waals surface area contributed by atoms with Crippen LogP contribution < -0.4 is 11.5 Å². The Kier molecular flexibility index (Phi) is 3.65. The molecule has 0 heterocycles. The summed E-state index contributed by atoms with van der Waals surface area (Å²) >= 11 is 0. The van der Waals surface area contributed by atoms with Crippen LogP contribution in [-0.4, -0.2) is 28.6 Å². The van der Waals surface area contributed by atoms with Crippen LogP contribution in [0.5, 0.6) is 0 Å². The molecule has 4 nitrogen and oxygen atoms in total. The molecule has 0 fully saturated rings. The van der Waals surface area contributed by atoms with Crippen LogP contribution in [0.15, 0.2) is 0 Å². The van der Waals surface area contributed by atoms with Crippen molar-refractivity contribution in [1.29, 1.82) is 0 Å². The molecule has 4 heteroatoms. The molecule has 0 aliphatic carbocycles. The first-order valence-electron chi connectivity index (χ1n) is 4.06. The van der Waals surface area contributed by atoms with Crippen molar-refractivity contribution in [3.8, 4) is 0 Å². The molecule has 0 radical (unpaired) electrons. The first-order valence-corrected chi connectivity index (χ1v) is 4.06. The second-order valence-electron chi connectivity index (χ2n) is 4.55. The quantitative estimate of drug-likeness (QED) is 0.432. The van der Waals surface area contributed by atoms with E-state index in [-0.39, 0.29) is 5.41 Å². The highest BCUT2D eigenvalue weighted by molar-refractivity contribution is 4.87. The molecular formula is C8H20N2O2. The second-order valence-corrected chi connectivity index (χ2v) is 4.55. The summed E-state index contributed by atoms with van der Waals surface area (Å²) < 4.78 is 0. The predicted molar refractivity (Wildman–Crippen MR) is 48.3 cm³/mol. The Morgan fingerprint density at radius 2 is 1.67 bits per heavy atom. The Morgan fingerprint density at radius 1 is 1.25 bits per heavy atom. The summed E-state index contributed by atoms with van der Waals surface area (Å²) in [4.78, 5) is 0. The van der Waals surface area contributed by atoms with Crippen molar-refractivity contribution in [3.05, 3.63) is 0 Å².